The summed E-state index contributed by atoms with van der Waals surface area (Å²) in [5, 5.41) is 21.7. The molecule has 0 aromatic carbocycles. The Labute approximate surface area is 73.8 Å². The first-order chi connectivity index (χ1) is 5.70. The lowest BCUT2D eigenvalue weighted by atomic mass is 9.92. The molecular weight excluding hydrogens is 154 g/mol. The van der Waals surface area contributed by atoms with Crippen molar-refractivity contribution >= 4 is 0 Å². The average Bonchev–Trinajstić information content (AvgIpc) is 2.03. The summed E-state index contributed by atoms with van der Waals surface area (Å²) < 4.78 is 0. The molecule has 2 unspecified atom stereocenters. The molecule has 72 valence electrons. The summed E-state index contributed by atoms with van der Waals surface area (Å²) in [6.45, 7) is 2.34. The van der Waals surface area contributed by atoms with Gasteiger partial charge in [0.15, 0.2) is 0 Å². The van der Waals surface area contributed by atoms with Crippen LogP contribution in [-0.4, -0.2) is 35.0 Å². The van der Waals surface area contributed by atoms with E-state index in [1.807, 2.05) is 0 Å². The molecule has 3 atom stereocenters. The molecule has 3 N–H and O–H groups in total. The van der Waals surface area contributed by atoms with E-state index in [0.717, 1.165) is 19.3 Å². The van der Waals surface area contributed by atoms with Crippen LogP contribution in [0.5, 0.6) is 0 Å². The van der Waals surface area contributed by atoms with Gasteiger partial charge >= 0.3 is 0 Å². The van der Waals surface area contributed by atoms with Gasteiger partial charge in [-0.15, -0.1) is 0 Å². The summed E-state index contributed by atoms with van der Waals surface area (Å²) in [4.78, 5) is 0. The lowest BCUT2D eigenvalue weighted by molar-refractivity contribution is 0.0821. The molecule has 0 aliphatic heterocycles. The molecule has 1 fully saturated rings. The van der Waals surface area contributed by atoms with E-state index in [-0.39, 0.29) is 18.2 Å². The van der Waals surface area contributed by atoms with Gasteiger partial charge in [-0.2, -0.15) is 0 Å². The average molecular weight is 173 g/mol. The molecule has 0 aromatic heterocycles. The van der Waals surface area contributed by atoms with E-state index in [1.165, 1.54) is 6.42 Å². The van der Waals surface area contributed by atoms with Gasteiger partial charge in [0, 0.05) is 12.6 Å². The van der Waals surface area contributed by atoms with E-state index in [2.05, 4.69) is 5.32 Å². The fourth-order valence-corrected chi connectivity index (χ4v) is 1.67. The van der Waals surface area contributed by atoms with Crippen LogP contribution in [0.15, 0.2) is 0 Å². The molecular formula is C9H19NO2. The minimum Gasteiger partial charge on any atom is -0.392 e. The van der Waals surface area contributed by atoms with E-state index >= 15 is 0 Å². The first kappa shape index (κ1) is 9.96. The molecule has 3 nitrogen and oxygen atoms in total. The highest BCUT2D eigenvalue weighted by molar-refractivity contribution is 4.80. The molecule has 0 radical (unpaired) electrons. The van der Waals surface area contributed by atoms with Gasteiger partial charge in [0.05, 0.1) is 12.2 Å². The zero-order valence-electron chi connectivity index (χ0n) is 7.66. The Balaban J connectivity index is 2.20. The molecule has 1 rings (SSSR count). The summed E-state index contributed by atoms with van der Waals surface area (Å²) in [7, 11) is 0. The summed E-state index contributed by atoms with van der Waals surface area (Å²) in [5.74, 6) is 0. The van der Waals surface area contributed by atoms with Crippen molar-refractivity contribution in [3.8, 4) is 0 Å². The minimum atomic E-state index is -0.320. The molecule has 0 heterocycles. The zero-order chi connectivity index (χ0) is 8.97. The first-order valence-corrected chi connectivity index (χ1v) is 4.79. The van der Waals surface area contributed by atoms with E-state index in [1.54, 1.807) is 6.92 Å². The van der Waals surface area contributed by atoms with Crippen LogP contribution < -0.4 is 5.32 Å². The van der Waals surface area contributed by atoms with E-state index in [9.17, 15) is 5.11 Å². The smallest absolute Gasteiger partial charge is 0.0693 e. The van der Waals surface area contributed by atoms with Crippen LogP contribution in [-0.2, 0) is 0 Å². The van der Waals surface area contributed by atoms with Crippen molar-refractivity contribution in [1.82, 2.24) is 5.32 Å². The number of rotatable bonds is 3. The van der Waals surface area contributed by atoms with Crippen molar-refractivity contribution in [2.45, 2.75) is 50.9 Å². The van der Waals surface area contributed by atoms with Crippen LogP contribution in [0.2, 0.25) is 0 Å². The van der Waals surface area contributed by atoms with Crippen molar-refractivity contribution in [3.63, 3.8) is 0 Å². The third kappa shape index (κ3) is 3.09. The Kier molecular flexibility index (Phi) is 3.98. The molecule has 0 saturated heterocycles. The highest BCUT2D eigenvalue weighted by Crippen LogP contribution is 2.17. The third-order valence-electron chi connectivity index (χ3n) is 2.40. The van der Waals surface area contributed by atoms with Gasteiger partial charge in [-0.1, -0.05) is 12.8 Å². The van der Waals surface area contributed by atoms with Gasteiger partial charge in [-0.25, -0.2) is 0 Å². The third-order valence-corrected chi connectivity index (χ3v) is 2.40. The van der Waals surface area contributed by atoms with Gasteiger partial charge in [0.1, 0.15) is 0 Å². The predicted octanol–water partition coefficient (Wildman–Crippen LogP) is 0.260. The van der Waals surface area contributed by atoms with Crippen LogP contribution in [0.1, 0.15) is 32.6 Å². The maximum Gasteiger partial charge on any atom is 0.0693 e. The van der Waals surface area contributed by atoms with Crippen molar-refractivity contribution in [2.75, 3.05) is 6.54 Å². The highest BCUT2D eigenvalue weighted by Gasteiger charge is 2.22. The number of aliphatic hydroxyl groups is 2. The molecule has 0 amide bonds. The lowest BCUT2D eigenvalue weighted by Gasteiger charge is -2.28. The lowest BCUT2D eigenvalue weighted by Crippen LogP contribution is -2.44. The van der Waals surface area contributed by atoms with Crippen LogP contribution in [0.3, 0.4) is 0 Å². The van der Waals surface area contributed by atoms with Crippen LogP contribution >= 0.6 is 0 Å². The van der Waals surface area contributed by atoms with Gasteiger partial charge in [0.25, 0.3) is 0 Å². The van der Waals surface area contributed by atoms with Gasteiger partial charge in [-0.05, 0) is 19.8 Å². The summed E-state index contributed by atoms with van der Waals surface area (Å²) in [6, 6.07) is 0.202. The molecule has 0 bridgehead atoms. The Morgan fingerprint density at radius 1 is 1.42 bits per heavy atom. The quantitative estimate of drug-likeness (QED) is 0.574. The van der Waals surface area contributed by atoms with E-state index in [4.69, 9.17) is 5.11 Å². The SMILES string of the molecule is C[C@H](O)CNC1CCCCC1O. The van der Waals surface area contributed by atoms with Crippen molar-refractivity contribution in [3.05, 3.63) is 0 Å². The molecule has 1 aliphatic carbocycles. The number of hydrogen-bond acceptors (Lipinski definition) is 3. The summed E-state index contributed by atoms with van der Waals surface area (Å²) in [6.07, 6.45) is 3.73. The fourth-order valence-electron chi connectivity index (χ4n) is 1.67. The maximum atomic E-state index is 9.54. The molecule has 1 aliphatic rings. The highest BCUT2D eigenvalue weighted by atomic mass is 16.3. The van der Waals surface area contributed by atoms with Crippen LogP contribution in [0, 0.1) is 0 Å². The van der Waals surface area contributed by atoms with Crippen molar-refractivity contribution < 1.29 is 10.2 Å². The van der Waals surface area contributed by atoms with Gasteiger partial charge in [-0.3, -0.25) is 0 Å². The Hall–Kier alpha value is -0.120. The Morgan fingerprint density at radius 2 is 2.08 bits per heavy atom. The number of aliphatic hydroxyl groups excluding tert-OH is 2. The summed E-state index contributed by atoms with van der Waals surface area (Å²) in [5.41, 5.74) is 0. The largest absolute Gasteiger partial charge is 0.392 e. The second-order valence-electron chi connectivity index (χ2n) is 3.72. The summed E-state index contributed by atoms with van der Waals surface area (Å²) >= 11 is 0. The second-order valence-corrected chi connectivity index (χ2v) is 3.72. The van der Waals surface area contributed by atoms with Crippen molar-refractivity contribution in [2.24, 2.45) is 0 Å². The minimum absolute atomic E-state index is 0.202. The Morgan fingerprint density at radius 3 is 2.67 bits per heavy atom. The monoisotopic (exact) mass is 173 g/mol. The topological polar surface area (TPSA) is 52.5 Å². The Bertz CT molecular complexity index is 128. The number of hydrogen-bond donors (Lipinski definition) is 3. The van der Waals surface area contributed by atoms with Gasteiger partial charge < -0.3 is 15.5 Å². The second kappa shape index (κ2) is 4.80. The van der Waals surface area contributed by atoms with Crippen LogP contribution in [0.4, 0.5) is 0 Å². The standard InChI is InChI=1S/C9H19NO2/c1-7(11)6-10-8-4-2-3-5-9(8)12/h7-12H,2-6H2,1H3/t7-,8?,9?/m0/s1. The maximum absolute atomic E-state index is 9.54. The predicted molar refractivity (Wildman–Crippen MR) is 47.9 cm³/mol. The normalized spacial score (nSPS) is 33.2. The molecule has 0 spiro atoms. The fraction of sp³-hybridized carbons (Fsp3) is 1.00. The van der Waals surface area contributed by atoms with E-state index < -0.39 is 0 Å². The van der Waals surface area contributed by atoms with Gasteiger partial charge in [0.2, 0.25) is 0 Å². The molecule has 12 heavy (non-hydrogen) atoms. The molecule has 3 heteroatoms. The van der Waals surface area contributed by atoms with Crippen molar-refractivity contribution in [1.29, 1.82) is 0 Å². The molecule has 0 aromatic rings. The number of nitrogens with one attached hydrogen (secondary N) is 1. The first-order valence-electron chi connectivity index (χ1n) is 4.79. The molecule has 1 saturated carbocycles. The zero-order valence-corrected chi connectivity index (χ0v) is 7.66. The van der Waals surface area contributed by atoms with Crippen LogP contribution in [0.25, 0.3) is 0 Å². The van der Waals surface area contributed by atoms with E-state index in [0.29, 0.717) is 6.54 Å².